The molecule has 0 aliphatic heterocycles. The summed E-state index contributed by atoms with van der Waals surface area (Å²) in [5, 5.41) is 3.88. The second kappa shape index (κ2) is 5.43. The third-order valence-corrected chi connectivity index (χ3v) is 3.95. The molecule has 0 radical (unpaired) electrons. The first kappa shape index (κ1) is 13.4. The zero-order chi connectivity index (χ0) is 14.1. The molecule has 5 heteroatoms. The minimum absolute atomic E-state index is 0.0687. The van der Waals surface area contributed by atoms with Crippen LogP contribution in [0, 0.1) is 0 Å². The lowest BCUT2D eigenvalue weighted by Crippen LogP contribution is -2.35. The summed E-state index contributed by atoms with van der Waals surface area (Å²) < 4.78 is 0. The van der Waals surface area contributed by atoms with Crippen LogP contribution in [0.25, 0.3) is 0 Å². The molecular weight excluding hydrogens is 295 g/mol. The highest BCUT2D eigenvalue weighted by atomic mass is 35.5. The Bertz CT molecular complexity index is 648. The molecule has 0 saturated heterocycles. The molecule has 3 nitrogen and oxygen atoms in total. The number of benzene rings is 1. The molecule has 1 aliphatic carbocycles. The van der Waals surface area contributed by atoms with Crippen LogP contribution in [0.3, 0.4) is 0 Å². The highest BCUT2D eigenvalue weighted by Crippen LogP contribution is 2.23. The van der Waals surface area contributed by atoms with E-state index in [1.54, 1.807) is 24.4 Å². The van der Waals surface area contributed by atoms with Gasteiger partial charge in [0.25, 0.3) is 5.91 Å². The largest absolute Gasteiger partial charge is 0.349 e. The lowest BCUT2D eigenvalue weighted by Gasteiger charge is -2.12. The molecule has 102 valence electrons. The van der Waals surface area contributed by atoms with Crippen LogP contribution in [0.4, 0.5) is 0 Å². The number of amides is 1. The summed E-state index contributed by atoms with van der Waals surface area (Å²) in [6.45, 7) is 0. The normalized spacial score (nSPS) is 16.8. The molecule has 2 aromatic rings. The van der Waals surface area contributed by atoms with Crippen molar-refractivity contribution < 1.29 is 4.79 Å². The Hall–Kier alpha value is -1.58. The van der Waals surface area contributed by atoms with Crippen LogP contribution < -0.4 is 5.32 Å². The van der Waals surface area contributed by atoms with E-state index in [1.165, 1.54) is 5.56 Å². The van der Waals surface area contributed by atoms with E-state index in [2.05, 4.69) is 10.3 Å². The number of hydrogen-bond acceptors (Lipinski definition) is 2. The van der Waals surface area contributed by atoms with Crippen molar-refractivity contribution in [2.24, 2.45) is 0 Å². The summed E-state index contributed by atoms with van der Waals surface area (Å²) in [5.41, 5.74) is 2.69. The Morgan fingerprint density at radius 3 is 2.85 bits per heavy atom. The summed E-state index contributed by atoms with van der Waals surface area (Å²) in [5.74, 6) is -0.176. The number of carbonyl (C=O) groups excluding carboxylic acids is 1. The van der Waals surface area contributed by atoms with Crippen LogP contribution in [-0.4, -0.2) is 16.9 Å². The van der Waals surface area contributed by atoms with Crippen LogP contribution in [0.1, 0.15) is 21.6 Å². The number of halogens is 2. The van der Waals surface area contributed by atoms with E-state index in [1.807, 2.05) is 12.1 Å². The van der Waals surface area contributed by atoms with Gasteiger partial charge >= 0.3 is 0 Å². The first-order valence-electron chi connectivity index (χ1n) is 6.32. The van der Waals surface area contributed by atoms with Crippen LogP contribution in [0.15, 0.2) is 36.5 Å². The van der Waals surface area contributed by atoms with Crippen LogP contribution in [0.5, 0.6) is 0 Å². The first-order chi connectivity index (χ1) is 9.63. The van der Waals surface area contributed by atoms with E-state index < -0.39 is 0 Å². The third kappa shape index (κ3) is 2.65. The van der Waals surface area contributed by atoms with Crippen molar-refractivity contribution in [3.63, 3.8) is 0 Å². The summed E-state index contributed by atoms with van der Waals surface area (Å²) in [4.78, 5) is 16.5. The van der Waals surface area contributed by atoms with Gasteiger partial charge in [-0.05, 0) is 36.2 Å². The Morgan fingerprint density at radius 2 is 2.10 bits per heavy atom. The van der Waals surface area contributed by atoms with Gasteiger partial charge in [-0.3, -0.25) is 9.78 Å². The molecule has 1 aromatic carbocycles. The Morgan fingerprint density at radius 1 is 1.25 bits per heavy atom. The molecule has 0 saturated carbocycles. The fourth-order valence-corrected chi connectivity index (χ4v) is 2.95. The Labute approximate surface area is 126 Å². The maximum Gasteiger partial charge on any atom is 0.253 e. The molecule has 1 atom stereocenters. The number of nitrogens with zero attached hydrogens (tertiary/aromatic N) is 1. The molecule has 1 aliphatic rings. The van der Waals surface area contributed by atoms with Crippen molar-refractivity contribution in [1.29, 1.82) is 0 Å². The second-order valence-electron chi connectivity index (χ2n) is 4.81. The zero-order valence-electron chi connectivity index (χ0n) is 10.6. The van der Waals surface area contributed by atoms with Gasteiger partial charge in [-0.2, -0.15) is 0 Å². The lowest BCUT2D eigenvalue weighted by atomic mass is 10.1. The van der Waals surface area contributed by atoms with Crippen molar-refractivity contribution in [2.45, 2.75) is 18.9 Å². The van der Waals surface area contributed by atoms with E-state index in [9.17, 15) is 4.79 Å². The smallest absolute Gasteiger partial charge is 0.253 e. The lowest BCUT2D eigenvalue weighted by molar-refractivity contribution is 0.0938. The molecule has 1 amide bonds. The molecule has 0 fully saturated rings. The van der Waals surface area contributed by atoms with Gasteiger partial charge in [0, 0.05) is 29.4 Å². The van der Waals surface area contributed by atoms with E-state index in [-0.39, 0.29) is 11.9 Å². The standard InChI is InChI=1S/C15H12Cl2N2O/c16-10-3-4-12(13(17)7-10)15(20)19-11-6-9-2-1-5-18-14(9)8-11/h1-5,7,11H,6,8H2,(H,19,20). The van der Waals surface area contributed by atoms with Crippen molar-refractivity contribution in [1.82, 2.24) is 10.3 Å². The summed E-state index contributed by atoms with van der Waals surface area (Å²) in [6.07, 6.45) is 3.34. The maximum absolute atomic E-state index is 12.2. The quantitative estimate of drug-likeness (QED) is 0.925. The average molecular weight is 307 g/mol. The molecule has 20 heavy (non-hydrogen) atoms. The van der Waals surface area contributed by atoms with Gasteiger partial charge in [-0.25, -0.2) is 0 Å². The molecule has 0 spiro atoms. The monoisotopic (exact) mass is 306 g/mol. The van der Waals surface area contributed by atoms with Gasteiger partial charge in [0.05, 0.1) is 10.6 Å². The predicted octanol–water partition coefficient (Wildman–Crippen LogP) is 3.29. The molecule has 1 aromatic heterocycles. The SMILES string of the molecule is O=C(NC1Cc2cccnc2C1)c1ccc(Cl)cc1Cl. The van der Waals surface area contributed by atoms with Gasteiger partial charge in [0.1, 0.15) is 0 Å². The molecule has 3 rings (SSSR count). The van der Waals surface area contributed by atoms with E-state index >= 15 is 0 Å². The number of aromatic nitrogens is 1. The summed E-state index contributed by atoms with van der Waals surface area (Å²) in [6, 6.07) is 8.90. The Kier molecular flexibility index (Phi) is 3.64. The maximum atomic E-state index is 12.2. The van der Waals surface area contributed by atoms with Crippen LogP contribution >= 0.6 is 23.2 Å². The van der Waals surface area contributed by atoms with E-state index in [4.69, 9.17) is 23.2 Å². The molecule has 1 unspecified atom stereocenters. The van der Waals surface area contributed by atoms with Gasteiger partial charge < -0.3 is 5.32 Å². The highest BCUT2D eigenvalue weighted by molar-refractivity contribution is 6.36. The number of fused-ring (bicyclic) bond motifs is 1. The van der Waals surface area contributed by atoms with Gasteiger partial charge in [-0.15, -0.1) is 0 Å². The van der Waals surface area contributed by atoms with Crippen molar-refractivity contribution in [2.75, 3.05) is 0 Å². The summed E-state index contributed by atoms with van der Waals surface area (Å²) in [7, 11) is 0. The van der Waals surface area contributed by atoms with Crippen LogP contribution in [0.2, 0.25) is 10.0 Å². The minimum atomic E-state index is -0.176. The number of nitrogens with one attached hydrogen (secondary N) is 1. The van der Waals surface area contributed by atoms with Gasteiger partial charge in [-0.1, -0.05) is 29.3 Å². The Balaban J connectivity index is 1.72. The molecule has 1 heterocycles. The predicted molar refractivity (Wildman–Crippen MR) is 79.4 cm³/mol. The highest BCUT2D eigenvalue weighted by Gasteiger charge is 2.24. The minimum Gasteiger partial charge on any atom is -0.349 e. The van der Waals surface area contributed by atoms with Crippen LogP contribution in [-0.2, 0) is 12.8 Å². The van der Waals surface area contributed by atoms with Crippen molar-refractivity contribution >= 4 is 29.1 Å². The summed E-state index contributed by atoms with van der Waals surface area (Å²) >= 11 is 11.9. The fraction of sp³-hybridized carbons (Fsp3) is 0.200. The second-order valence-corrected chi connectivity index (χ2v) is 5.66. The number of hydrogen-bond donors (Lipinski definition) is 1. The third-order valence-electron chi connectivity index (χ3n) is 3.40. The molecular formula is C15H12Cl2N2O. The van der Waals surface area contributed by atoms with E-state index in [0.717, 1.165) is 18.5 Å². The zero-order valence-corrected chi connectivity index (χ0v) is 12.1. The fourth-order valence-electron chi connectivity index (χ4n) is 2.45. The number of rotatable bonds is 2. The topological polar surface area (TPSA) is 42.0 Å². The average Bonchev–Trinajstić information content (AvgIpc) is 2.80. The van der Waals surface area contributed by atoms with Gasteiger partial charge in [0.15, 0.2) is 0 Å². The van der Waals surface area contributed by atoms with E-state index in [0.29, 0.717) is 15.6 Å². The van der Waals surface area contributed by atoms with Crippen molar-refractivity contribution in [3.8, 4) is 0 Å². The molecule has 1 N–H and O–H groups in total. The number of pyridine rings is 1. The van der Waals surface area contributed by atoms with Crippen molar-refractivity contribution in [3.05, 3.63) is 63.4 Å². The number of carbonyl (C=O) groups is 1. The van der Waals surface area contributed by atoms with Gasteiger partial charge in [0.2, 0.25) is 0 Å². The first-order valence-corrected chi connectivity index (χ1v) is 7.08. The molecule has 0 bridgehead atoms.